The summed E-state index contributed by atoms with van der Waals surface area (Å²) < 4.78 is 0. The van der Waals surface area contributed by atoms with Crippen LogP contribution in [0.5, 0.6) is 0 Å². The van der Waals surface area contributed by atoms with E-state index in [-0.39, 0.29) is 18.9 Å². The Morgan fingerprint density at radius 1 is 1.56 bits per heavy atom. The highest BCUT2D eigenvalue weighted by Crippen LogP contribution is 1.75. The van der Waals surface area contributed by atoms with Crippen LogP contribution in [0, 0.1) is 0 Å². The summed E-state index contributed by atoms with van der Waals surface area (Å²) in [7, 11) is 0. The lowest BCUT2D eigenvalue weighted by atomic mass is 10.4. The van der Waals surface area contributed by atoms with Crippen molar-refractivity contribution in [3.05, 3.63) is 0 Å². The van der Waals surface area contributed by atoms with Gasteiger partial charge in [0.25, 0.3) is 0 Å². The lowest BCUT2D eigenvalue weighted by molar-refractivity contribution is -0.305. The maximum Gasteiger partial charge on any atom is 0.185 e. The summed E-state index contributed by atoms with van der Waals surface area (Å²) in [4.78, 5) is 13.1. The van der Waals surface area contributed by atoms with Crippen LogP contribution >= 0.6 is 0 Å². The number of carbonyl (C=O) groups is 1. The molecule has 0 rings (SSSR count). The van der Waals surface area contributed by atoms with E-state index < -0.39 is 5.97 Å². The van der Waals surface area contributed by atoms with Crippen LogP contribution in [0.4, 0.5) is 0 Å². The van der Waals surface area contributed by atoms with E-state index in [0.717, 1.165) is 0 Å². The Hall–Kier alpha value is -1.26. The highest BCUT2D eigenvalue weighted by atomic mass is 16.4. The van der Waals surface area contributed by atoms with Crippen LogP contribution in [0.15, 0.2) is 4.99 Å². The molecule has 0 aliphatic rings. The highest BCUT2D eigenvalue weighted by Gasteiger charge is 1.83. The maximum atomic E-state index is 9.72. The van der Waals surface area contributed by atoms with E-state index in [4.69, 9.17) is 11.5 Å². The molecule has 4 N–H and O–H groups in total. The molecule has 0 saturated carbocycles. The van der Waals surface area contributed by atoms with Crippen molar-refractivity contribution in [2.45, 2.75) is 6.42 Å². The zero-order valence-electron chi connectivity index (χ0n) is 4.83. The Bertz CT molecular complexity index is 128. The van der Waals surface area contributed by atoms with Gasteiger partial charge in [0.1, 0.15) is 0 Å². The van der Waals surface area contributed by atoms with Gasteiger partial charge in [0.05, 0.1) is 0 Å². The number of aliphatic carboxylic acids is 1. The zero-order chi connectivity index (χ0) is 7.28. The third-order valence-electron chi connectivity index (χ3n) is 0.610. The van der Waals surface area contributed by atoms with Crippen molar-refractivity contribution in [2.24, 2.45) is 16.5 Å². The van der Waals surface area contributed by atoms with Gasteiger partial charge in [0, 0.05) is 18.9 Å². The molecule has 0 spiro atoms. The molecule has 5 nitrogen and oxygen atoms in total. The summed E-state index contributed by atoms with van der Waals surface area (Å²) in [5.41, 5.74) is 9.79. The second kappa shape index (κ2) is 3.71. The van der Waals surface area contributed by atoms with Crippen molar-refractivity contribution >= 4 is 11.9 Å². The molecule has 0 radical (unpaired) electrons. The molecule has 0 bridgehead atoms. The number of rotatable bonds is 3. The number of guanidine groups is 1. The smallest absolute Gasteiger partial charge is 0.185 e. The molecule has 0 fully saturated rings. The fraction of sp³-hybridized carbons (Fsp3) is 0.500. The van der Waals surface area contributed by atoms with Crippen molar-refractivity contribution in [3.63, 3.8) is 0 Å². The van der Waals surface area contributed by atoms with Crippen LogP contribution in [0.2, 0.25) is 0 Å². The molecule has 0 saturated heterocycles. The molecule has 0 amide bonds. The van der Waals surface area contributed by atoms with Crippen molar-refractivity contribution in [3.8, 4) is 0 Å². The number of carbonyl (C=O) groups excluding carboxylic acids is 1. The molecule has 0 aliphatic carbocycles. The summed E-state index contributed by atoms with van der Waals surface area (Å²) in [5, 5.41) is 9.72. The van der Waals surface area contributed by atoms with Crippen LogP contribution in [0.3, 0.4) is 0 Å². The standard InChI is InChI=1S/C4H9N3O2/c5-4(6)7-2-1-3(8)9/h1-2H2,(H,8,9)(H4,5,6,7)/p-1. The molecule has 0 aliphatic heterocycles. The maximum absolute atomic E-state index is 9.72. The minimum Gasteiger partial charge on any atom is -0.550 e. The second-order valence-corrected chi connectivity index (χ2v) is 1.43. The summed E-state index contributed by atoms with van der Waals surface area (Å²) in [6.07, 6.45) is -0.141. The van der Waals surface area contributed by atoms with Gasteiger partial charge < -0.3 is 21.4 Å². The summed E-state index contributed by atoms with van der Waals surface area (Å²) >= 11 is 0. The zero-order valence-corrected chi connectivity index (χ0v) is 4.83. The van der Waals surface area contributed by atoms with Gasteiger partial charge in [0.2, 0.25) is 0 Å². The van der Waals surface area contributed by atoms with Crippen LogP contribution in [0.25, 0.3) is 0 Å². The van der Waals surface area contributed by atoms with Crippen LogP contribution < -0.4 is 16.6 Å². The first-order chi connectivity index (χ1) is 4.13. The number of carboxylic acid groups (broad SMARTS) is 1. The minimum absolute atomic E-state index is 0.0880. The van der Waals surface area contributed by atoms with Gasteiger partial charge in [-0.3, -0.25) is 4.99 Å². The van der Waals surface area contributed by atoms with Crippen LogP contribution in [-0.4, -0.2) is 18.5 Å². The number of nitrogens with two attached hydrogens (primary N) is 2. The number of nitrogens with zero attached hydrogens (tertiary/aromatic N) is 1. The van der Waals surface area contributed by atoms with E-state index >= 15 is 0 Å². The van der Waals surface area contributed by atoms with E-state index in [2.05, 4.69) is 4.99 Å². The lowest BCUT2D eigenvalue weighted by Gasteiger charge is -1.95. The predicted octanol–water partition coefficient (Wildman–Crippen LogP) is -2.60. The van der Waals surface area contributed by atoms with E-state index in [1.807, 2.05) is 0 Å². The van der Waals surface area contributed by atoms with E-state index in [1.165, 1.54) is 0 Å². The Morgan fingerprint density at radius 2 is 2.11 bits per heavy atom. The molecule has 0 unspecified atom stereocenters. The van der Waals surface area contributed by atoms with Crippen LogP contribution in [0.1, 0.15) is 6.42 Å². The van der Waals surface area contributed by atoms with Gasteiger partial charge in [-0.1, -0.05) is 0 Å². The van der Waals surface area contributed by atoms with Crippen molar-refractivity contribution in [2.75, 3.05) is 6.54 Å². The Morgan fingerprint density at radius 3 is 2.44 bits per heavy atom. The first-order valence-corrected chi connectivity index (χ1v) is 2.38. The van der Waals surface area contributed by atoms with E-state index in [0.29, 0.717) is 0 Å². The van der Waals surface area contributed by atoms with Gasteiger partial charge in [-0.25, -0.2) is 0 Å². The normalized spacial score (nSPS) is 8.44. The molecule has 5 heteroatoms. The number of aliphatic imine (C=N–C) groups is 1. The van der Waals surface area contributed by atoms with Gasteiger partial charge in [0.15, 0.2) is 5.96 Å². The highest BCUT2D eigenvalue weighted by molar-refractivity contribution is 5.76. The predicted molar refractivity (Wildman–Crippen MR) is 30.3 cm³/mol. The molecule has 52 valence electrons. The first-order valence-electron chi connectivity index (χ1n) is 2.38. The first kappa shape index (κ1) is 7.74. The van der Waals surface area contributed by atoms with Gasteiger partial charge >= 0.3 is 0 Å². The van der Waals surface area contributed by atoms with Gasteiger partial charge in [-0.2, -0.15) is 0 Å². The lowest BCUT2D eigenvalue weighted by Crippen LogP contribution is -2.26. The number of carboxylic acids is 1. The average Bonchev–Trinajstić information content (AvgIpc) is 1.63. The van der Waals surface area contributed by atoms with E-state index in [1.54, 1.807) is 0 Å². The molecular formula is C4H8N3O2-. The Kier molecular flexibility index (Phi) is 3.19. The van der Waals surface area contributed by atoms with Gasteiger partial charge in [-0.05, 0) is 0 Å². The molecular weight excluding hydrogens is 122 g/mol. The molecule has 0 aromatic carbocycles. The fourth-order valence-electron chi connectivity index (χ4n) is 0.276. The second-order valence-electron chi connectivity index (χ2n) is 1.43. The largest absolute Gasteiger partial charge is 0.550 e. The summed E-state index contributed by atoms with van der Waals surface area (Å²) in [6, 6.07) is 0. The minimum atomic E-state index is -1.15. The number of hydrogen-bond acceptors (Lipinski definition) is 3. The van der Waals surface area contributed by atoms with Crippen molar-refractivity contribution < 1.29 is 9.90 Å². The van der Waals surface area contributed by atoms with Gasteiger partial charge in [-0.15, -0.1) is 0 Å². The SMILES string of the molecule is NC(N)=NCCC(=O)[O-]. The molecule has 0 aromatic heterocycles. The number of hydrogen-bond donors (Lipinski definition) is 2. The Labute approximate surface area is 52.4 Å². The summed E-state index contributed by atoms with van der Waals surface area (Å²) in [5.74, 6) is -1.25. The average molecular weight is 130 g/mol. The van der Waals surface area contributed by atoms with Crippen LogP contribution in [-0.2, 0) is 4.79 Å². The quantitative estimate of drug-likeness (QED) is 0.323. The molecule has 0 aromatic rings. The summed E-state index contributed by atoms with van der Waals surface area (Å²) in [6.45, 7) is 0.0880. The third-order valence-corrected chi connectivity index (χ3v) is 0.610. The fourth-order valence-corrected chi connectivity index (χ4v) is 0.276. The monoisotopic (exact) mass is 130 g/mol. The van der Waals surface area contributed by atoms with E-state index in [9.17, 15) is 9.90 Å². The van der Waals surface area contributed by atoms with Crippen molar-refractivity contribution in [1.82, 2.24) is 0 Å². The molecule has 0 atom stereocenters. The molecule has 9 heavy (non-hydrogen) atoms. The molecule has 0 heterocycles. The Balaban J connectivity index is 3.31. The third kappa shape index (κ3) is 6.74. The topological polar surface area (TPSA) is 105 Å². The van der Waals surface area contributed by atoms with Crippen molar-refractivity contribution in [1.29, 1.82) is 0 Å².